The minimum Gasteiger partial charge on any atom is -0.454 e. The topological polar surface area (TPSA) is 38.7 Å². The lowest BCUT2D eigenvalue weighted by atomic mass is 10.0. The van der Waals surface area contributed by atoms with Gasteiger partial charge in [-0.2, -0.15) is 0 Å². The molecule has 1 N–H and O–H groups in total. The molecule has 0 saturated heterocycles. The Morgan fingerprint density at radius 2 is 2.00 bits per heavy atom. The third kappa shape index (κ3) is 2.59. The Kier molecular flexibility index (Phi) is 4.01. The molecule has 1 unspecified atom stereocenters. The first-order chi connectivity index (χ1) is 9.99. The summed E-state index contributed by atoms with van der Waals surface area (Å²) in [5.41, 5.74) is 0.444. The van der Waals surface area contributed by atoms with Gasteiger partial charge in [-0.15, -0.1) is 0 Å². The zero-order valence-corrected chi connectivity index (χ0v) is 13.5. The monoisotopic (exact) mass is 392 g/mol. The molecular weight excluding hydrogens is 386 g/mol. The molecule has 0 fully saturated rings. The first-order valence-electron chi connectivity index (χ1n) is 5.89. The molecule has 0 radical (unpaired) electrons. The number of hydrogen-bond acceptors (Lipinski definition) is 3. The average Bonchev–Trinajstić information content (AvgIpc) is 2.93. The van der Waals surface area contributed by atoms with Crippen molar-refractivity contribution in [1.29, 1.82) is 0 Å². The number of halogens is 4. The molecule has 110 valence electrons. The zero-order chi connectivity index (χ0) is 15.1. The van der Waals surface area contributed by atoms with E-state index in [9.17, 15) is 9.50 Å². The fourth-order valence-electron chi connectivity index (χ4n) is 2.08. The highest BCUT2D eigenvalue weighted by Gasteiger charge is 2.24. The largest absolute Gasteiger partial charge is 0.454 e. The number of benzene rings is 2. The van der Waals surface area contributed by atoms with Crippen LogP contribution in [0.4, 0.5) is 4.39 Å². The van der Waals surface area contributed by atoms with Crippen molar-refractivity contribution in [3.8, 4) is 11.5 Å². The van der Waals surface area contributed by atoms with Crippen molar-refractivity contribution in [2.45, 2.75) is 6.10 Å². The van der Waals surface area contributed by atoms with E-state index in [1.165, 1.54) is 12.1 Å². The molecule has 1 atom stereocenters. The molecule has 0 aliphatic carbocycles. The second-order valence-corrected chi connectivity index (χ2v) is 6.04. The van der Waals surface area contributed by atoms with Gasteiger partial charge in [-0.05, 0) is 39.7 Å². The maximum absolute atomic E-state index is 14.2. The number of hydrogen-bond donors (Lipinski definition) is 1. The smallest absolute Gasteiger partial charge is 0.231 e. The summed E-state index contributed by atoms with van der Waals surface area (Å²) < 4.78 is 25.0. The molecule has 2 aromatic rings. The minimum atomic E-state index is -1.22. The minimum absolute atomic E-state index is 0.0538. The summed E-state index contributed by atoms with van der Waals surface area (Å²) >= 11 is 15.0. The second-order valence-electron chi connectivity index (χ2n) is 4.40. The van der Waals surface area contributed by atoms with Gasteiger partial charge in [0.15, 0.2) is 11.5 Å². The van der Waals surface area contributed by atoms with Gasteiger partial charge in [0, 0.05) is 10.0 Å². The molecule has 1 aliphatic rings. The lowest BCUT2D eigenvalue weighted by molar-refractivity contribution is 0.173. The molecule has 0 aromatic heterocycles. The Balaban J connectivity index is 2.05. The fraction of sp³-hybridized carbons (Fsp3) is 0.143. The Hall–Kier alpha value is -1.01. The predicted molar refractivity (Wildman–Crippen MR) is 80.7 cm³/mol. The summed E-state index contributed by atoms with van der Waals surface area (Å²) in [4.78, 5) is 0. The third-order valence-corrected chi connectivity index (χ3v) is 4.66. The summed E-state index contributed by atoms with van der Waals surface area (Å²) in [6.45, 7) is 0.0626. The SMILES string of the molecule is OC(c1cc(Cl)c2c(c1)OCO2)c1ccc(Br)c(Cl)c1F. The van der Waals surface area contributed by atoms with E-state index >= 15 is 0 Å². The predicted octanol–water partition coefficient (Wildman–Crippen LogP) is 4.71. The number of aliphatic hydroxyl groups is 1. The summed E-state index contributed by atoms with van der Waals surface area (Å²) in [7, 11) is 0. The Morgan fingerprint density at radius 1 is 1.24 bits per heavy atom. The van der Waals surface area contributed by atoms with Crippen molar-refractivity contribution in [1.82, 2.24) is 0 Å². The molecule has 2 aromatic carbocycles. The van der Waals surface area contributed by atoms with E-state index in [0.29, 0.717) is 26.6 Å². The standard InChI is InChI=1S/C14H8BrCl2FO3/c15-8-2-1-7(12(18)11(8)17)13(19)6-3-9(16)14-10(4-6)20-5-21-14/h1-4,13,19H,5H2. The number of aliphatic hydroxyl groups excluding tert-OH is 1. The average molecular weight is 394 g/mol. The second kappa shape index (κ2) is 5.65. The fourth-order valence-corrected chi connectivity index (χ4v) is 2.83. The van der Waals surface area contributed by atoms with Crippen LogP contribution in [0.3, 0.4) is 0 Å². The van der Waals surface area contributed by atoms with Crippen LogP contribution in [0.5, 0.6) is 11.5 Å². The van der Waals surface area contributed by atoms with Crippen molar-refractivity contribution in [2.75, 3.05) is 6.79 Å². The Labute approximate surface area is 138 Å². The van der Waals surface area contributed by atoms with E-state index in [0.717, 1.165) is 0 Å². The van der Waals surface area contributed by atoms with E-state index in [-0.39, 0.29) is 17.4 Å². The molecular formula is C14H8BrCl2FO3. The van der Waals surface area contributed by atoms with Crippen LogP contribution >= 0.6 is 39.1 Å². The van der Waals surface area contributed by atoms with Crippen LogP contribution in [0.15, 0.2) is 28.7 Å². The maximum atomic E-state index is 14.2. The van der Waals surface area contributed by atoms with Gasteiger partial charge < -0.3 is 14.6 Å². The molecule has 0 spiro atoms. The Bertz CT molecular complexity index is 724. The van der Waals surface area contributed by atoms with Gasteiger partial charge in [0.2, 0.25) is 6.79 Å². The van der Waals surface area contributed by atoms with Crippen LogP contribution in [0.1, 0.15) is 17.2 Å². The van der Waals surface area contributed by atoms with Gasteiger partial charge in [-0.1, -0.05) is 29.3 Å². The van der Waals surface area contributed by atoms with Gasteiger partial charge in [-0.3, -0.25) is 0 Å². The van der Waals surface area contributed by atoms with E-state index in [2.05, 4.69) is 15.9 Å². The van der Waals surface area contributed by atoms with Crippen LogP contribution < -0.4 is 9.47 Å². The van der Waals surface area contributed by atoms with Crippen LogP contribution in [-0.2, 0) is 0 Å². The molecule has 1 heterocycles. The molecule has 1 aliphatic heterocycles. The normalized spacial score (nSPS) is 14.3. The van der Waals surface area contributed by atoms with Crippen molar-refractivity contribution < 1.29 is 19.0 Å². The summed E-state index contributed by atoms with van der Waals surface area (Å²) in [5, 5.41) is 10.6. The summed E-state index contributed by atoms with van der Waals surface area (Å²) in [6.07, 6.45) is -1.22. The van der Waals surface area contributed by atoms with E-state index < -0.39 is 11.9 Å². The van der Waals surface area contributed by atoms with Crippen molar-refractivity contribution in [2.24, 2.45) is 0 Å². The molecule has 7 heteroatoms. The van der Waals surface area contributed by atoms with Crippen molar-refractivity contribution in [3.63, 3.8) is 0 Å². The summed E-state index contributed by atoms with van der Waals surface area (Å²) in [6, 6.07) is 6.09. The van der Waals surface area contributed by atoms with E-state index in [1.807, 2.05) is 0 Å². The van der Waals surface area contributed by atoms with Gasteiger partial charge in [0.05, 0.1) is 10.0 Å². The molecule has 3 rings (SSSR count). The lowest BCUT2D eigenvalue weighted by Gasteiger charge is -2.15. The highest BCUT2D eigenvalue weighted by Crippen LogP contribution is 2.42. The van der Waals surface area contributed by atoms with E-state index in [1.54, 1.807) is 12.1 Å². The lowest BCUT2D eigenvalue weighted by Crippen LogP contribution is -2.03. The zero-order valence-electron chi connectivity index (χ0n) is 10.4. The van der Waals surface area contributed by atoms with Gasteiger partial charge >= 0.3 is 0 Å². The van der Waals surface area contributed by atoms with Gasteiger partial charge in [-0.25, -0.2) is 4.39 Å². The first kappa shape index (κ1) is 14.9. The summed E-state index contributed by atoms with van der Waals surface area (Å²) in [5.74, 6) is 0.148. The van der Waals surface area contributed by atoms with Gasteiger partial charge in [0.25, 0.3) is 0 Å². The number of ether oxygens (including phenoxy) is 2. The molecule has 0 saturated carbocycles. The maximum Gasteiger partial charge on any atom is 0.231 e. The van der Waals surface area contributed by atoms with Crippen LogP contribution in [0.25, 0.3) is 0 Å². The van der Waals surface area contributed by atoms with Crippen molar-refractivity contribution >= 4 is 39.1 Å². The van der Waals surface area contributed by atoms with Crippen molar-refractivity contribution in [3.05, 3.63) is 55.7 Å². The highest BCUT2D eigenvalue weighted by molar-refractivity contribution is 9.10. The number of rotatable bonds is 2. The third-order valence-electron chi connectivity index (χ3n) is 3.12. The molecule has 3 nitrogen and oxygen atoms in total. The number of fused-ring (bicyclic) bond motifs is 1. The van der Waals surface area contributed by atoms with Crippen LogP contribution in [-0.4, -0.2) is 11.9 Å². The first-order valence-corrected chi connectivity index (χ1v) is 7.44. The van der Waals surface area contributed by atoms with E-state index in [4.69, 9.17) is 32.7 Å². The Morgan fingerprint density at radius 3 is 2.76 bits per heavy atom. The molecule has 21 heavy (non-hydrogen) atoms. The molecule has 0 bridgehead atoms. The van der Waals surface area contributed by atoms with Gasteiger partial charge in [0.1, 0.15) is 11.9 Å². The van der Waals surface area contributed by atoms with Crippen LogP contribution in [0.2, 0.25) is 10.0 Å². The quantitative estimate of drug-likeness (QED) is 0.751. The van der Waals surface area contributed by atoms with Crippen LogP contribution in [0, 0.1) is 5.82 Å². The molecule has 0 amide bonds. The highest BCUT2D eigenvalue weighted by atomic mass is 79.9.